The number of aryl methyl sites for hydroxylation is 1. The minimum atomic E-state index is 0.218. The van der Waals surface area contributed by atoms with Gasteiger partial charge < -0.3 is 4.90 Å². The highest BCUT2D eigenvalue weighted by Gasteiger charge is 2.29. The molecule has 1 heterocycles. The van der Waals surface area contributed by atoms with Gasteiger partial charge in [0.2, 0.25) is 5.91 Å². The molecule has 1 amide bonds. The van der Waals surface area contributed by atoms with Gasteiger partial charge in [0.15, 0.2) is 0 Å². The molecule has 114 valence electrons. The van der Waals surface area contributed by atoms with Crippen molar-refractivity contribution in [1.82, 2.24) is 0 Å². The molecule has 22 heavy (non-hydrogen) atoms. The van der Waals surface area contributed by atoms with E-state index in [9.17, 15) is 4.79 Å². The maximum absolute atomic E-state index is 12.6. The molecule has 3 rings (SSSR count). The van der Waals surface area contributed by atoms with Gasteiger partial charge in [0.1, 0.15) is 0 Å². The van der Waals surface area contributed by atoms with Crippen molar-refractivity contribution in [2.45, 2.75) is 32.1 Å². The van der Waals surface area contributed by atoms with Gasteiger partial charge in [-0.25, -0.2) is 0 Å². The zero-order valence-electron chi connectivity index (χ0n) is 13.1. The Morgan fingerprint density at radius 1 is 1.23 bits per heavy atom. The fraction of sp³-hybridized carbons (Fsp3) is 0.316. The predicted octanol–water partition coefficient (Wildman–Crippen LogP) is 4.21. The molecular weight excluding hydrogens is 290 g/mol. The molecule has 0 bridgehead atoms. The number of benzene rings is 2. The van der Waals surface area contributed by atoms with Crippen molar-refractivity contribution in [2.24, 2.45) is 0 Å². The Balaban J connectivity index is 1.61. The van der Waals surface area contributed by atoms with Gasteiger partial charge in [0.25, 0.3) is 0 Å². The number of hydrogen-bond donors (Lipinski definition) is 0. The standard InChI is InChI=1S/C19H21NOS/c1-14-6-5-7-16(10-14)12-22-13-19(21)20-15(2)11-17-8-3-4-9-18(17)20/h3-10,15H,11-13H2,1-2H3. The Bertz CT molecular complexity index is 683. The van der Waals surface area contributed by atoms with Gasteiger partial charge in [-0.05, 0) is 37.5 Å². The lowest BCUT2D eigenvalue weighted by atomic mass is 10.1. The topological polar surface area (TPSA) is 20.3 Å². The number of rotatable bonds is 4. The van der Waals surface area contributed by atoms with Gasteiger partial charge in [-0.1, -0.05) is 48.0 Å². The maximum atomic E-state index is 12.6. The lowest BCUT2D eigenvalue weighted by Crippen LogP contribution is -2.37. The summed E-state index contributed by atoms with van der Waals surface area (Å²) in [5, 5.41) is 0. The Kier molecular flexibility index (Phi) is 4.53. The zero-order valence-corrected chi connectivity index (χ0v) is 13.9. The van der Waals surface area contributed by atoms with Gasteiger partial charge in [0, 0.05) is 17.5 Å². The molecule has 3 heteroatoms. The SMILES string of the molecule is Cc1cccc(CSCC(=O)N2c3ccccc3CC2C)c1. The fourth-order valence-corrected chi connectivity index (χ4v) is 3.90. The number of para-hydroxylation sites is 1. The predicted molar refractivity (Wildman–Crippen MR) is 94.4 cm³/mol. The molecule has 1 aliphatic heterocycles. The van der Waals surface area contributed by atoms with Crippen LogP contribution in [0.3, 0.4) is 0 Å². The van der Waals surface area contributed by atoms with Crippen LogP contribution in [0.1, 0.15) is 23.6 Å². The number of nitrogens with zero attached hydrogens (tertiary/aromatic N) is 1. The average Bonchev–Trinajstić information content (AvgIpc) is 2.83. The van der Waals surface area contributed by atoms with E-state index in [1.807, 2.05) is 17.0 Å². The monoisotopic (exact) mass is 311 g/mol. The van der Waals surface area contributed by atoms with E-state index in [1.54, 1.807) is 11.8 Å². The molecule has 0 spiro atoms. The fourth-order valence-electron chi connectivity index (χ4n) is 3.07. The Morgan fingerprint density at radius 3 is 2.86 bits per heavy atom. The van der Waals surface area contributed by atoms with Crippen molar-refractivity contribution in [2.75, 3.05) is 10.7 Å². The van der Waals surface area contributed by atoms with Crippen LogP contribution < -0.4 is 4.90 Å². The third kappa shape index (κ3) is 3.20. The molecule has 1 unspecified atom stereocenters. The lowest BCUT2D eigenvalue weighted by molar-refractivity contribution is -0.116. The molecule has 0 N–H and O–H groups in total. The van der Waals surface area contributed by atoms with Gasteiger partial charge in [-0.2, -0.15) is 0 Å². The summed E-state index contributed by atoms with van der Waals surface area (Å²) < 4.78 is 0. The van der Waals surface area contributed by atoms with Crippen molar-refractivity contribution in [1.29, 1.82) is 0 Å². The summed E-state index contributed by atoms with van der Waals surface area (Å²) in [6, 6.07) is 17.0. The van der Waals surface area contributed by atoms with Crippen LogP contribution in [0.25, 0.3) is 0 Å². The van der Waals surface area contributed by atoms with Gasteiger partial charge in [-0.3, -0.25) is 4.79 Å². The number of anilines is 1. The number of amides is 1. The van der Waals surface area contributed by atoms with Gasteiger partial charge in [0.05, 0.1) is 5.75 Å². The number of carbonyl (C=O) groups excluding carboxylic acids is 1. The van der Waals surface area contributed by atoms with E-state index in [2.05, 4.69) is 50.2 Å². The molecule has 1 atom stereocenters. The number of fused-ring (bicyclic) bond motifs is 1. The molecule has 2 aromatic carbocycles. The van der Waals surface area contributed by atoms with Crippen LogP contribution in [-0.2, 0) is 17.0 Å². The Labute approximate surface area is 136 Å². The second-order valence-electron chi connectivity index (χ2n) is 5.93. The molecule has 2 aromatic rings. The summed E-state index contributed by atoms with van der Waals surface area (Å²) in [5.41, 5.74) is 4.93. The minimum Gasteiger partial charge on any atom is -0.308 e. The largest absolute Gasteiger partial charge is 0.308 e. The van der Waals surface area contributed by atoms with Crippen molar-refractivity contribution in [3.05, 3.63) is 65.2 Å². The summed E-state index contributed by atoms with van der Waals surface area (Å²) in [7, 11) is 0. The molecule has 0 fully saturated rings. The van der Waals surface area contributed by atoms with Gasteiger partial charge in [-0.15, -0.1) is 11.8 Å². The molecule has 0 saturated heterocycles. The Morgan fingerprint density at radius 2 is 2.05 bits per heavy atom. The molecule has 0 aromatic heterocycles. The number of carbonyl (C=O) groups is 1. The quantitative estimate of drug-likeness (QED) is 0.843. The highest BCUT2D eigenvalue weighted by molar-refractivity contribution is 7.99. The van der Waals surface area contributed by atoms with E-state index in [0.717, 1.165) is 17.9 Å². The van der Waals surface area contributed by atoms with E-state index in [4.69, 9.17) is 0 Å². The molecule has 2 nitrogen and oxygen atoms in total. The molecule has 0 aliphatic carbocycles. The molecule has 0 radical (unpaired) electrons. The zero-order chi connectivity index (χ0) is 15.5. The third-order valence-electron chi connectivity index (χ3n) is 4.05. The van der Waals surface area contributed by atoms with Crippen LogP contribution in [-0.4, -0.2) is 17.7 Å². The highest BCUT2D eigenvalue weighted by Crippen LogP contribution is 2.32. The van der Waals surface area contributed by atoms with Crippen molar-refractivity contribution >= 4 is 23.4 Å². The molecule has 0 saturated carbocycles. The second-order valence-corrected chi connectivity index (χ2v) is 6.91. The third-order valence-corrected chi connectivity index (χ3v) is 5.04. The van der Waals surface area contributed by atoms with E-state index in [-0.39, 0.29) is 11.9 Å². The Hall–Kier alpha value is -1.74. The summed E-state index contributed by atoms with van der Waals surface area (Å²) >= 11 is 1.70. The average molecular weight is 311 g/mol. The first kappa shape index (κ1) is 15.2. The number of hydrogen-bond acceptors (Lipinski definition) is 2. The summed E-state index contributed by atoms with van der Waals surface area (Å²) in [6.45, 7) is 4.23. The summed E-state index contributed by atoms with van der Waals surface area (Å²) in [5.74, 6) is 1.64. The van der Waals surface area contributed by atoms with Crippen LogP contribution in [0.4, 0.5) is 5.69 Å². The van der Waals surface area contributed by atoms with E-state index in [1.165, 1.54) is 16.7 Å². The molecular formula is C19H21NOS. The van der Waals surface area contributed by atoms with Crippen LogP contribution in [0.2, 0.25) is 0 Å². The normalized spacial score (nSPS) is 16.6. The van der Waals surface area contributed by atoms with Crippen molar-refractivity contribution < 1.29 is 4.79 Å². The minimum absolute atomic E-state index is 0.218. The first-order valence-corrected chi connectivity index (χ1v) is 8.84. The maximum Gasteiger partial charge on any atom is 0.237 e. The summed E-state index contributed by atoms with van der Waals surface area (Å²) in [4.78, 5) is 14.6. The smallest absolute Gasteiger partial charge is 0.237 e. The molecule has 1 aliphatic rings. The van der Waals surface area contributed by atoms with Crippen LogP contribution in [0, 0.1) is 6.92 Å². The highest BCUT2D eigenvalue weighted by atomic mass is 32.2. The van der Waals surface area contributed by atoms with E-state index >= 15 is 0 Å². The first-order valence-electron chi connectivity index (χ1n) is 7.68. The second kappa shape index (κ2) is 6.57. The van der Waals surface area contributed by atoms with Crippen molar-refractivity contribution in [3.8, 4) is 0 Å². The first-order chi connectivity index (χ1) is 10.6. The lowest BCUT2D eigenvalue weighted by Gasteiger charge is -2.22. The van der Waals surface area contributed by atoms with Crippen LogP contribution >= 0.6 is 11.8 Å². The van der Waals surface area contributed by atoms with E-state index in [0.29, 0.717) is 5.75 Å². The van der Waals surface area contributed by atoms with E-state index < -0.39 is 0 Å². The van der Waals surface area contributed by atoms with Crippen molar-refractivity contribution in [3.63, 3.8) is 0 Å². The van der Waals surface area contributed by atoms with Crippen LogP contribution in [0.15, 0.2) is 48.5 Å². The van der Waals surface area contributed by atoms with Gasteiger partial charge >= 0.3 is 0 Å². The summed E-state index contributed by atoms with van der Waals surface area (Å²) in [6.07, 6.45) is 0.963. The number of thioether (sulfide) groups is 1. The van der Waals surface area contributed by atoms with Crippen LogP contribution in [0.5, 0.6) is 0 Å².